The SMILES string of the molecule is Cc1c(Nc2cc(-c3cccnc3)nc(NCCN(C)C)n2)cccc1[N+](=O)[O-]. The van der Waals surface area contributed by atoms with Gasteiger partial charge in [0.2, 0.25) is 5.95 Å². The van der Waals surface area contributed by atoms with E-state index in [2.05, 4.69) is 30.5 Å². The van der Waals surface area contributed by atoms with Crippen LogP contribution in [-0.4, -0.2) is 52.0 Å². The van der Waals surface area contributed by atoms with Crippen molar-refractivity contribution in [3.05, 3.63) is 64.5 Å². The number of nitro groups is 1. The number of nitrogens with zero attached hydrogens (tertiary/aromatic N) is 5. The lowest BCUT2D eigenvalue weighted by Gasteiger charge is -2.14. The molecule has 0 bridgehead atoms. The minimum absolute atomic E-state index is 0.0564. The zero-order valence-electron chi connectivity index (χ0n) is 16.6. The number of likely N-dealkylation sites (N-methyl/N-ethyl adjacent to an activating group) is 1. The van der Waals surface area contributed by atoms with Crippen LogP contribution in [0.5, 0.6) is 0 Å². The minimum Gasteiger partial charge on any atom is -0.353 e. The number of benzene rings is 1. The Morgan fingerprint density at radius 1 is 1.17 bits per heavy atom. The maximum absolute atomic E-state index is 11.2. The maximum Gasteiger partial charge on any atom is 0.274 e. The molecule has 29 heavy (non-hydrogen) atoms. The Morgan fingerprint density at radius 2 is 2.00 bits per heavy atom. The fraction of sp³-hybridized carbons (Fsp3) is 0.250. The van der Waals surface area contributed by atoms with Crippen LogP contribution in [0.1, 0.15) is 5.56 Å². The van der Waals surface area contributed by atoms with E-state index in [1.807, 2.05) is 26.2 Å². The number of hydrogen-bond acceptors (Lipinski definition) is 8. The number of rotatable bonds is 8. The van der Waals surface area contributed by atoms with Crippen molar-refractivity contribution in [2.75, 3.05) is 37.8 Å². The van der Waals surface area contributed by atoms with Crippen molar-refractivity contribution in [1.29, 1.82) is 0 Å². The van der Waals surface area contributed by atoms with Gasteiger partial charge in [-0.3, -0.25) is 15.1 Å². The van der Waals surface area contributed by atoms with E-state index in [0.29, 0.717) is 35.3 Å². The second kappa shape index (κ2) is 9.07. The van der Waals surface area contributed by atoms with E-state index >= 15 is 0 Å². The van der Waals surface area contributed by atoms with Crippen LogP contribution in [0, 0.1) is 17.0 Å². The molecule has 0 amide bonds. The quantitative estimate of drug-likeness (QED) is 0.442. The van der Waals surface area contributed by atoms with Gasteiger partial charge >= 0.3 is 0 Å². The summed E-state index contributed by atoms with van der Waals surface area (Å²) in [6.07, 6.45) is 3.43. The molecule has 0 aliphatic carbocycles. The van der Waals surface area contributed by atoms with Gasteiger partial charge in [0.15, 0.2) is 0 Å². The zero-order valence-corrected chi connectivity index (χ0v) is 16.6. The molecule has 9 heteroatoms. The summed E-state index contributed by atoms with van der Waals surface area (Å²) in [5.74, 6) is 1.01. The number of pyridine rings is 1. The molecular weight excluding hydrogens is 370 g/mol. The predicted molar refractivity (Wildman–Crippen MR) is 113 cm³/mol. The van der Waals surface area contributed by atoms with E-state index in [1.54, 1.807) is 37.5 Å². The zero-order chi connectivity index (χ0) is 20.8. The standard InChI is InChI=1S/C20H23N7O2/c1-14-16(7-4-8-18(14)27(28)29)23-19-12-17(15-6-5-9-21-13-15)24-20(25-19)22-10-11-26(2)3/h4-9,12-13H,10-11H2,1-3H3,(H2,22,23,24,25). The monoisotopic (exact) mass is 393 g/mol. The van der Waals surface area contributed by atoms with Gasteiger partial charge in [0.1, 0.15) is 5.82 Å². The molecule has 0 spiro atoms. The van der Waals surface area contributed by atoms with Crippen molar-refractivity contribution >= 4 is 23.1 Å². The van der Waals surface area contributed by atoms with Crippen LogP contribution in [-0.2, 0) is 0 Å². The molecule has 2 heterocycles. The first-order chi connectivity index (χ1) is 13.9. The first-order valence-corrected chi connectivity index (χ1v) is 9.13. The molecule has 0 aliphatic heterocycles. The molecule has 0 aliphatic rings. The van der Waals surface area contributed by atoms with Gasteiger partial charge < -0.3 is 15.5 Å². The summed E-state index contributed by atoms with van der Waals surface area (Å²) in [5.41, 5.74) is 2.77. The van der Waals surface area contributed by atoms with Crippen LogP contribution in [0.15, 0.2) is 48.8 Å². The van der Waals surface area contributed by atoms with Crippen LogP contribution in [0.25, 0.3) is 11.3 Å². The average Bonchev–Trinajstić information content (AvgIpc) is 2.69. The van der Waals surface area contributed by atoms with Gasteiger partial charge in [0.25, 0.3) is 5.69 Å². The Morgan fingerprint density at radius 3 is 2.69 bits per heavy atom. The second-order valence-electron chi connectivity index (χ2n) is 6.77. The molecular formula is C20H23N7O2. The number of aromatic nitrogens is 3. The lowest BCUT2D eigenvalue weighted by Crippen LogP contribution is -2.21. The Hall–Kier alpha value is -3.59. The lowest BCUT2D eigenvalue weighted by molar-refractivity contribution is -0.385. The fourth-order valence-corrected chi connectivity index (χ4v) is 2.74. The Labute approximate surface area is 169 Å². The number of nitro benzene ring substituents is 1. The van der Waals surface area contributed by atoms with Gasteiger partial charge in [0.05, 0.1) is 16.2 Å². The smallest absolute Gasteiger partial charge is 0.274 e. The summed E-state index contributed by atoms with van der Waals surface area (Å²) < 4.78 is 0. The molecule has 0 radical (unpaired) electrons. The molecule has 3 rings (SSSR count). The summed E-state index contributed by atoms with van der Waals surface area (Å²) in [6.45, 7) is 3.21. The maximum atomic E-state index is 11.2. The highest BCUT2D eigenvalue weighted by Gasteiger charge is 2.14. The predicted octanol–water partition coefficient (Wildman–Crippen LogP) is 3.47. The number of hydrogen-bond donors (Lipinski definition) is 2. The van der Waals surface area contributed by atoms with Crippen molar-refractivity contribution in [1.82, 2.24) is 19.9 Å². The summed E-state index contributed by atoms with van der Waals surface area (Å²) >= 11 is 0. The van der Waals surface area contributed by atoms with Crippen molar-refractivity contribution in [2.24, 2.45) is 0 Å². The molecule has 150 valence electrons. The van der Waals surface area contributed by atoms with Crippen LogP contribution < -0.4 is 10.6 Å². The van der Waals surface area contributed by atoms with Gasteiger partial charge in [-0.1, -0.05) is 6.07 Å². The summed E-state index contributed by atoms with van der Waals surface area (Å²) in [7, 11) is 3.99. The van der Waals surface area contributed by atoms with E-state index in [4.69, 9.17) is 0 Å². The topological polar surface area (TPSA) is 109 Å². The number of anilines is 3. The minimum atomic E-state index is -0.393. The second-order valence-corrected chi connectivity index (χ2v) is 6.77. The van der Waals surface area contributed by atoms with E-state index < -0.39 is 4.92 Å². The van der Waals surface area contributed by atoms with E-state index in [0.717, 1.165) is 12.1 Å². The van der Waals surface area contributed by atoms with Crippen LogP contribution >= 0.6 is 0 Å². The molecule has 2 N–H and O–H groups in total. The van der Waals surface area contributed by atoms with E-state index in [1.165, 1.54) is 6.07 Å². The molecule has 9 nitrogen and oxygen atoms in total. The highest BCUT2D eigenvalue weighted by atomic mass is 16.6. The Kier molecular flexibility index (Phi) is 6.30. The Bertz CT molecular complexity index is 993. The molecule has 0 fully saturated rings. The summed E-state index contributed by atoms with van der Waals surface area (Å²) in [5, 5.41) is 17.6. The highest BCUT2D eigenvalue weighted by Crippen LogP contribution is 2.29. The normalized spacial score (nSPS) is 10.8. The van der Waals surface area contributed by atoms with E-state index in [9.17, 15) is 10.1 Å². The molecule has 0 unspecified atom stereocenters. The third-order valence-corrected chi connectivity index (χ3v) is 4.29. The summed E-state index contributed by atoms with van der Waals surface area (Å²) in [6, 6.07) is 10.5. The summed E-state index contributed by atoms with van der Waals surface area (Å²) in [4.78, 5) is 26.1. The van der Waals surface area contributed by atoms with Crippen LogP contribution in [0.4, 0.5) is 23.1 Å². The lowest BCUT2D eigenvalue weighted by atomic mass is 10.1. The Balaban J connectivity index is 1.95. The van der Waals surface area contributed by atoms with Crippen LogP contribution in [0.2, 0.25) is 0 Å². The van der Waals surface area contributed by atoms with Gasteiger partial charge in [-0.05, 0) is 39.2 Å². The number of nitrogens with one attached hydrogen (secondary N) is 2. The highest BCUT2D eigenvalue weighted by molar-refractivity contribution is 5.70. The third kappa shape index (κ3) is 5.23. The molecule has 0 atom stereocenters. The first-order valence-electron chi connectivity index (χ1n) is 9.13. The largest absolute Gasteiger partial charge is 0.353 e. The molecule has 1 aromatic carbocycles. The van der Waals surface area contributed by atoms with Crippen LogP contribution in [0.3, 0.4) is 0 Å². The fourth-order valence-electron chi connectivity index (χ4n) is 2.74. The van der Waals surface area contributed by atoms with Gasteiger partial charge in [-0.25, -0.2) is 4.98 Å². The molecule has 0 saturated carbocycles. The average molecular weight is 393 g/mol. The molecule has 2 aromatic heterocycles. The van der Waals surface area contributed by atoms with Gasteiger partial charge in [-0.2, -0.15) is 4.98 Å². The molecule has 0 saturated heterocycles. The van der Waals surface area contributed by atoms with Crippen molar-refractivity contribution in [2.45, 2.75) is 6.92 Å². The third-order valence-electron chi connectivity index (χ3n) is 4.29. The van der Waals surface area contributed by atoms with Gasteiger partial charge in [0, 0.05) is 48.9 Å². The van der Waals surface area contributed by atoms with Crippen molar-refractivity contribution in [3.63, 3.8) is 0 Å². The van der Waals surface area contributed by atoms with Gasteiger partial charge in [-0.15, -0.1) is 0 Å². The van der Waals surface area contributed by atoms with E-state index in [-0.39, 0.29) is 5.69 Å². The van der Waals surface area contributed by atoms with Crippen molar-refractivity contribution in [3.8, 4) is 11.3 Å². The van der Waals surface area contributed by atoms with Crippen molar-refractivity contribution < 1.29 is 4.92 Å². The first kappa shape index (κ1) is 20.2. The molecule has 3 aromatic rings.